The molecular formula is C18H13Cl2N3O. The Balaban J connectivity index is 1.98. The van der Waals surface area contributed by atoms with Crippen molar-refractivity contribution in [3.05, 3.63) is 75.9 Å². The van der Waals surface area contributed by atoms with Crippen LogP contribution in [0.25, 0.3) is 0 Å². The number of hydrogen-bond acceptors (Lipinski definition) is 3. The third kappa shape index (κ3) is 3.48. The fourth-order valence-electron chi connectivity index (χ4n) is 2.33. The van der Waals surface area contributed by atoms with Gasteiger partial charge in [0.1, 0.15) is 17.5 Å². The molecule has 0 unspecified atom stereocenters. The van der Waals surface area contributed by atoms with E-state index >= 15 is 0 Å². The first-order valence-electron chi connectivity index (χ1n) is 7.14. The summed E-state index contributed by atoms with van der Waals surface area (Å²) in [6.07, 6.45) is 0. The van der Waals surface area contributed by atoms with E-state index in [1.165, 1.54) is 0 Å². The molecular weight excluding hydrogens is 345 g/mol. The number of nitrogens with two attached hydrogens (primary N) is 1. The number of nitrogens with zero attached hydrogens (tertiary/aromatic N) is 2. The second kappa shape index (κ2) is 6.88. The molecule has 3 rings (SSSR count). The minimum atomic E-state index is 0.389. The van der Waals surface area contributed by atoms with E-state index in [-0.39, 0.29) is 0 Å². The van der Waals surface area contributed by atoms with E-state index in [2.05, 4.69) is 6.07 Å². The number of nitriles is 1. The minimum absolute atomic E-state index is 0.389. The van der Waals surface area contributed by atoms with Crippen molar-refractivity contribution in [3.8, 4) is 17.7 Å². The molecule has 2 aromatic carbocycles. The number of benzene rings is 2. The maximum atomic E-state index is 9.36. The van der Waals surface area contributed by atoms with Crippen molar-refractivity contribution in [3.63, 3.8) is 0 Å². The lowest BCUT2D eigenvalue weighted by atomic mass is 10.2. The molecule has 24 heavy (non-hydrogen) atoms. The van der Waals surface area contributed by atoms with Crippen LogP contribution < -0.4 is 10.5 Å². The molecule has 4 nitrogen and oxygen atoms in total. The lowest BCUT2D eigenvalue weighted by molar-refractivity contribution is 0.437. The zero-order valence-electron chi connectivity index (χ0n) is 12.5. The molecule has 0 saturated carbocycles. The number of nitrogen functional groups attached to an aromatic ring is 1. The highest BCUT2D eigenvalue weighted by Crippen LogP contribution is 2.32. The van der Waals surface area contributed by atoms with E-state index in [1.807, 2.05) is 12.1 Å². The molecule has 0 aliphatic heterocycles. The van der Waals surface area contributed by atoms with Gasteiger partial charge < -0.3 is 10.5 Å². The normalized spacial score (nSPS) is 10.4. The van der Waals surface area contributed by atoms with E-state index in [9.17, 15) is 5.26 Å². The predicted molar refractivity (Wildman–Crippen MR) is 95.6 cm³/mol. The highest BCUT2D eigenvalue weighted by Gasteiger charge is 2.16. The molecule has 0 spiro atoms. The zero-order chi connectivity index (χ0) is 17.1. The van der Waals surface area contributed by atoms with Crippen LogP contribution in [-0.2, 0) is 6.54 Å². The average molecular weight is 358 g/mol. The van der Waals surface area contributed by atoms with Crippen molar-refractivity contribution in [1.29, 1.82) is 5.26 Å². The first kappa shape index (κ1) is 16.3. The van der Waals surface area contributed by atoms with Crippen molar-refractivity contribution < 1.29 is 4.74 Å². The molecule has 0 aliphatic rings. The van der Waals surface area contributed by atoms with Crippen LogP contribution in [0.15, 0.2) is 54.6 Å². The van der Waals surface area contributed by atoms with Crippen molar-refractivity contribution in [1.82, 2.24) is 4.57 Å². The molecule has 0 amide bonds. The van der Waals surface area contributed by atoms with Gasteiger partial charge in [0.2, 0.25) is 5.88 Å². The van der Waals surface area contributed by atoms with Gasteiger partial charge in [0, 0.05) is 16.1 Å². The summed E-state index contributed by atoms with van der Waals surface area (Å²) in [5.41, 5.74) is 7.81. The number of hydrogen-bond donors (Lipinski definition) is 1. The van der Waals surface area contributed by atoms with E-state index in [0.717, 1.165) is 5.56 Å². The highest BCUT2D eigenvalue weighted by atomic mass is 35.5. The molecule has 0 aliphatic carbocycles. The maximum Gasteiger partial charge on any atom is 0.224 e. The Hall–Kier alpha value is -2.61. The SMILES string of the molecule is N#Cc1cc(N)c(Oc2cccc(Cl)c2)n1Cc1ccc(Cl)cc1. The fraction of sp³-hybridized carbons (Fsp3) is 0.0556. The van der Waals surface area contributed by atoms with Crippen LogP contribution >= 0.6 is 23.2 Å². The monoisotopic (exact) mass is 357 g/mol. The minimum Gasteiger partial charge on any atom is -0.439 e. The molecule has 0 radical (unpaired) electrons. The Labute approximate surface area is 149 Å². The van der Waals surface area contributed by atoms with Crippen LogP contribution in [0.1, 0.15) is 11.3 Å². The summed E-state index contributed by atoms with van der Waals surface area (Å²) in [4.78, 5) is 0. The average Bonchev–Trinajstić information content (AvgIpc) is 2.85. The van der Waals surface area contributed by atoms with Gasteiger partial charge in [-0.2, -0.15) is 5.26 Å². The van der Waals surface area contributed by atoms with Crippen LogP contribution in [0.4, 0.5) is 5.69 Å². The molecule has 120 valence electrons. The van der Waals surface area contributed by atoms with Crippen LogP contribution in [-0.4, -0.2) is 4.57 Å². The van der Waals surface area contributed by atoms with Crippen LogP contribution in [0.3, 0.4) is 0 Å². The molecule has 0 bridgehead atoms. The number of rotatable bonds is 4. The third-order valence-corrected chi connectivity index (χ3v) is 3.94. The van der Waals surface area contributed by atoms with Gasteiger partial charge in [-0.1, -0.05) is 41.4 Å². The molecule has 3 aromatic rings. The van der Waals surface area contributed by atoms with Gasteiger partial charge in [-0.05, 0) is 35.9 Å². The second-order valence-corrected chi connectivity index (χ2v) is 6.05. The summed E-state index contributed by atoms with van der Waals surface area (Å²) < 4.78 is 7.60. The van der Waals surface area contributed by atoms with Gasteiger partial charge in [0.15, 0.2) is 0 Å². The lowest BCUT2D eigenvalue weighted by Gasteiger charge is -2.13. The molecule has 0 fully saturated rings. The van der Waals surface area contributed by atoms with Gasteiger partial charge in [0.05, 0.1) is 12.2 Å². The van der Waals surface area contributed by atoms with E-state index in [1.54, 1.807) is 47.0 Å². The first-order valence-corrected chi connectivity index (χ1v) is 7.89. The van der Waals surface area contributed by atoms with Gasteiger partial charge in [-0.25, -0.2) is 0 Å². The number of halogens is 2. The van der Waals surface area contributed by atoms with E-state index < -0.39 is 0 Å². The Morgan fingerprint density at radius 2 is 1.79 bits per heavy atom. The summed E-state index contributed by atoms with van der Waals surface area (Å²) in [5.74, 6) is 0.956. The Bertz CT molecular complexity index is 911. The molecule has 2 N–H and O–H groups in total. The van der Waals surface area contributed by atoms with Gasteiger partial charge >= 0.3 is 0 Å². The van der Waals surface area contributed by atoms with Crippen LogP contribution in [0.2, 0.25) is 10.0 Å². The predicted octanol–water partition coefficient (Wildman–Crippen LogP) is 5.09. The van der Waals surface area contributed by atoms with E-state index in [4.69, 9.17) is 33.7 Å². The van der Waals surface area contributed by atoms with Gasteiger partial charge in [-0.3, -0.25) is 4.57 Å². The number of aromatic nitrogens is 1. The summed E-state index contributed by atoms with van der Waals surface area (Å²) in [7, 11) is 0. The van der Waals surface area contributed by atoms with E-state index in [0.29, 0.717) is 39.6 Å². The second-order valence-electron chi connectivity index (χ2n) is 5.17. The van der Waals surface area contributed by atoms with Gasteiger partial charge in [0.25, 0.3) is 0 Å². The van der Waals surface area contributed by atoms with Crippen molar-refractivity contribution in [2.45, 2.75) is 6.54 Å². The summed E-state index contributed by atoms with van der Waals surface area (Å²) in [5, 5.41) is 10.6. The third-order valence-electron chi connectivity index (χ3n) is 3.45. The molecule has 1 heterocycles. The molecule has 6 heteroatoms. The fourth-order valence-corrected chi connectivity index (χ4v) is 2.64. The lowest BCUT2D eigenvalue weighted by Crippen LogP contribution is -2.05. The Morgan fingerprint density at radius 1 is 1.04 bits per heavy atom. The highest BCUT2D eigenvalue weighted by molar-refractivity contribution is 6.30. The smallest absolute Gasteiger partial charge is 0.224 e. The molecule has 0 saturated heterocycles. The summed E-state index contributed by atoms with van der Waals surface area (Å²) >= 11 is 11.9. The largest absolute Gasteiger partial charge is 0.439 e. The van der Waals surface area contributed by atoms with Crippen LogP contribution in [0, 0.1) is 11.3 Å². The summed E-state index contributed by atoms with van der Waals surface area (Å²) in [6, 6.07) is 18.1. The Morgan fingerprint density at radius 3 is 2.46 bits per heavy atom. The topological polar surface area (TPSA) is 64.0 Å². The quantitative estimate of drug-likeness (QED) is 0.707. The standard InChI is InChI=1S/C18H13Cl2N3O/c19-13-6-4-12(5-7-13)11-23-15(10-21)9-17(22)18(23)24-16-3-1-2-14(20)8-16/h1-9H,11,22H2. The summed E-state index contributed by atoms with van der Waals surface area (Å²) in [6.45, 7) is 0.438. The van der Waals surface area contributed by atoms with Crippen molar-refractivity contribution in [2.24, 2.45) is 0 Å². The number of anilines is 1. The zero-order valence-corrected chi connectivity index (χ0v) is 14.1. The first-order chi connectivity index (χ1) is 11.6. The van der Waals surface area contributed by atoms with Crippen LogP contribution in [0.5, 0.6) is 11.6 Å². The van der Waals surface area contributed by atoms with Crippen molar-refractivity contribution >= 4 is 28.9 Å². The molecule has 0 atom stereocenters. The molecule has 1 aromatic heterocycles. The van der Waals surface area contributed by atoms with Gasteiger partial charge in [-0.15, -0.1) is 0 Å². The Kier molecular flexibility index (Phi) is 4.66. The van der Waals surface area contributed by atoms with Crippen molar-refractivity contribution in [2.75, 3.05) is 5.73 Å². The maximum absolute atomic E-state index is 9.36. The number of ether oxygens (including phenoxy) is 1.